The molecule has 5 N–H and O–H groups in total. The van der Waals surface area contributed by atoms with Crippen molar-refractivity contribution in [2.45, 2.75) is 75.7 Å². The molecule has 6 rings (SSSR count). The first-order valence-corrected chi connectivity index (χ1v) is 16.5. The fraction of sp³-hybridized carbons (Fsp3) is 0.467. The van der Waals surface area contributed by atoms with Gasteiger partial charge in [0.05, 0.1) is 20.0 Å². The molecule has 15 nitrogen and oxygen atoms in total. The van der Waals surface area contributed by atoms with Gasteiger partial charge in [0.2, 0.25) is 11.8 Å². The molecule has 1 saturated carbocycles. The molecule has 2 aromatic carbocycles. The van der Waals surface area contributed by atoms with Crippen LogP contribution >= 0.6 is 7.75 Å². The Morgan fingerprint density at radius 1 is 1.22 bits per heavy atom. The second-order valence-corrected chi connectivity index (χ2v) is 13.4. The van der Waals surface area contributed by atoms with Crippen LogP contribution in [0.2, 0.25) is 0 Å². The lowest BCUT2D eigenvalue weighted by atomic mass is 9.96. The van der Waals surface area contributed by atoms with E-state index in [4.69, 9.17) is 29.0 Å². The van der Waals surface area contributed by atoms with Gasteiger partial charge in [-0.2, -0.15) is 15.1 Å². The lowest BCUT2D eigenvalue weighted by Crippen LogP contribution is -2.44. The third-order valence-corrected chi connectivity index (χ3v) is 9.90. The monoisotopic (exact) mass is 656 g/mol. The number of nitrogen functional groups attached to an aromatic ring is 1. The Balaban J connectivity index is 1.25. The second-order valence-electron chi connectivity index (χ2n) is 11.7. The Bertz CT molecular complexity index is 1770. The van der Waals surface area contributed by atoms with Crippen molar-refractivity contribution < 1.29 is 42.8 Å². The van der Waals surface area contributed by atoms with Crippen LogP contribution in [0.4, 0.5) is 5.95 Å². The third-order valence-electron chi connectivity index (χ3n) is 8.27. The van der Waals surface area contributed by atoms with Crippen molar-refractivity contribution in [2.75, 3.05) is 19.5 Å². The van der Waals surface area contributed by atoms with Crippen LogP contribution in [0.25, 0.3) is 21.9 Å². The number of nitrogens with two attached hydrogens (primary N) is 1. The maximum absolute atomic E-state index is 14.4. The average Bonchev–Trinajstić information content (AvgIpc) is 3.75. The first-order valence-electron chi connectivity index (χ1n) is 15.0. The van der Waals surface area contributed by atoms with E-state index in [0.717, 1.165) is 31.1 Å². The van der Waals surface area contributed by atoms with Gasteiger partial charge in [-0.1, -0.05) is 36.4 Å². The van der Waals surface area contributed by atoms with Crippen LogP contribution in [-0.4, -0.2) is 79.4 Å². The van der Waals surface area contributed by atoms with Gasteiger partial charge in [-0.15, -0.1) is 0 Å². The summed E-state index contributed by atoms with van der Waals surface area (Å²) in [4.78, 5) is 25.4. The number of imidazole rings is 1. The Kier molecular flexibility index (Phi) is 8.89. The molecule has 2 fully saturated rings. The lowest BCUT2D eigenvalue weighted by Gasteiger charge is -2.27. The van der Waals surface area contributed by atoms with Gasteiger partial charge in [-0.25, -0.2) is 9.55 Å². The molecule has 4 aromatic rings. The largest absolute Gasteiger partial charge is 0.479 e. The molecular weight excluding hydrogens is 619 g/mol. The molecule has 2 aromatic heterocycles. The van der Waals surface area contributed by atoms with Crippen LogP contribution in [-0.2, 0) is 23.4 Å². The maximum Gasteiger partial charge on any atom is 0.459 e. The van der Waals surface area contributed by atoms with E-state index in [1.165, 1.54) is 31.9 Å². The van der Waals surface area contributed by atoms with Gasteiger partial charge in [0.1, 0.15) is 35.7 Å². The van der Waals surface area contributed by atoms with Crippen LogP contribution in [0.1, 0.15) is 45.8 Å². The van der Waals surface area contributed by atoms with Gasteiger partial charge in [-0.05, 0) is 51.0 Å². The van der Waals surface area contributed by atoms with E-state index in [1.54, 1.807) is 18.2 Å². The minimum atomic E-state index is -4.35. The van der Waals surface area contributed by atoms with Crippen molar-refractivity contribution in [3.63, 3.8) is 0 Å². The number of carbonyl (C=O) groups is 1. The number of aromatic nitrogens is 4. The Morgan fingerprint density at radius 2 is 1.96 bits per heavy atom. The zero-order valence-electron chi connectivity index (χ0n) is 25.6. The Labute approximate surface area is 264 Å². The molecule has 0 bridgehead atoms. The number of esters is 1. The first kappa shape index (κ1) is 32.1. The molecule has 1 saturated heterocycles. The number of aliphatic hydroxyl groups excluding tert-OH is 1. The van der Waals surface area contributed by atoms with Crippen LogP contribution in [0.15, 0.2) is 48.8 Å². The number of hydrogen-bond donors (Lipinski definition) is 4. The number of nitrogens with zero attached hydrogens (tertiary/aromatic N) is 4. The molecule has 246 valence electrons. The second kappa shape index (κ2) is 12.7. The molecular formula is C30H37N6O9P. The molecule has 0 radical (unpaired) electrons. The van der Waals surface area contributed by atoms with E-state index in [2.05, 4.69) is 20.0 Å². The molecule has 1 aliphatic carbocycles. The van der Waals surface area contributed by atoms with E-state index in [1.807, 2.05) is 24.3 Å². The first-order chi connectivity index (χ1) is 22.0. The quantitative estimate of drug-likeness (QED) is 0.135. The van der Waals surface area contributed by atoms with Crippen molar-refractivity contribution in [1.29, 1.82) is 0 Å². The summed E-state index contributed by atoms with van der Waals surface area (Å²) in [6.07, 6.45) is 0.709. The highest BCUT2D eigenvalue weighted by molar-refractivity contribution is 7.52. The number of aliphatic hydroxyl groups is 2. The number of anilines is 1. The standard InChI is InChI=1S/C30H37N6O9P/c1-17(27(38)43-19-11-5-6-12-19)35-46(40,45-21-14-8-10-18-9-4-7-13-20(18)21)42-15-22-24(37)30(2,39)28(44-22)36-16-32-23-25(36)33-29(31)34-26(23)41-3/h4,7-10,13-14,16-17,19,22,24,28,37,39H,5-6,11-12,15H2,1-3H3,(H,35,40)(H2,31,33,34)/t17-,22+,24+,28?,30+,46?/m0/s1. The van der Waals surface area contributed by atoms with Gasteiger partial charge < -0.3 is 34.7 Å². The number of rotatable bonds is 11. The van der Waals surface area contributed by atoms with Gasteiger partial charge in [-0.3, -0.25) is 13.9 Å². The molecule has 6 atom stereocenters. The SMILES string of the molecule is COc1nc(N)nc2c1ncn2C1O[C@H](COP(=O)(N[C@@H](C)C(=O)OC2CCCC2)Oc2cccc3ccccc23)[C@@H](O)[C@@]1(C)O. The van der Waals surface area contributed by atoms with Crippen molar-refractivity contribution in [1.82, 2.24) is 24.6 Å². The summed E-state index contributed by atoms with van der Waals surface area (Å²) < 4.78 is 44.6. The van der Waals surface area contributed by atoms with Gasteiger partial charge >= 0.3 is 13.7 Å². The van der Waals surface area contributed by atoms with Crippen LogP contribution in [0.3, 0.4) is 0 Å². The minimum absolute atomic E-state index is 0.0950. The number of fused-ring (bicyclic) bond motifs is 2. The summed E-state index contributed by atoms with van der Waals surface area (Å²) in [6, 6.07) is 11.5. The predicted octanol–water partition coefficient (Wildman–Crippen LogP) is 3.25. The summed E-state index contributed by atoms with van der Waals surface area (Å²) in [7, 11) is -2.95. The predicted molar refractivity (Wildman–Crippen MR) is 166 cm³/mol. The number of carbonyl (C=O) groups excluding carboxylic acids is 1. The highest BCUT2D eigenvalue weighted by Crippen LogP contribution is 2.48. The molecule has 0 spiro atoms. The summed E-state index contributed by atoms with van der Waals surface area (Å²) in [5, 5.41) is 26.8. The van der Waals surface area contributed by atoms with E-state index in [9.17, 15) is 19.6 Å². The molecule has 2 unspecified atom stereocenters. The summed E-state index contributed by atoms with van der Waals surface area (Å²) in [5.41, 5.74) is 4.42. The number of benzene rings is 2. The van der Waals surface area contributed by atoms with Crippen molar-refractivity contribution in [3.8, 4) is 11.6 Å². The summed E-state index contributed by atoms with van der Waals surface area (Å²) in [6.45, 7) is 2.38. The van der Waals surface area contributed by atoms with E-state index < -0.39 is 50.4 Å². The van der Waals surface area contributed by atoms with Crippen LogP contribution < -0.4 is 20.1 Å². The highest BCUT2D eigenvalue weighted by atomic mass is 31.2. The molecule has 3 heterocycles. The smallest absolute Gasteiger partial charge is 0.459 e. The molecule has 0 amide bonds. The molecule has 1 aliphatic heterocycles. The van der Waals surface area contributed by atoms with E-state index in [-0.39, 0.29) is 34.8 Å². The van der Waals surface area contributed by atoms with E-state index >= 15 is 0 Å². The normalized spacial score (nSPS) is 25.5. The van der Waals surface area contributed by atoms with E-state index in [0.29, 0.717) is 5.39 Å². The number of nitrogens with one attached hydrogen (secondary N) is 1. The van der Waals surface area contributed by atoms with Crippen molar-refractivity contribution in [3.05, 3.63) is 48.8 Å². The van der Waals surface area contributed by atoms with Crippen LogP contribution in [0.5, 0.6) is 11.6 Å². The minimum Gasteiger partial charge on any atom is -0.479 e. The highest BCUT2D eigenvalue weighted by Gasteiger charge is 2.54. The number of ether oxygens (including phenoxy) is 3. The topological polar surface area (TPSA) is 202 Å². The maximum atomic E-state index is 14.4. The Morgan fingerprint density at radius 3 is 2.72 bits per heavy atom. The number of methoxy groups -OCH3 is 1. The van der Waals surface area contributed by atoms with Gasteiger partial charge in [0, 0.05) is 5.39 Å². The zero-order chi connectivity index (χ0) is 32.6. The van der Waals surface area contributed by atoms with Gasteiger partial charge in [0.25, 0.3) is 0 Å². The fourth-order valence-corrected chi connectivity index (χ4v) is 7.35. The molecule has 2 aliphatic rings. The third kappa shape index (κ3) is 6.26. The Hall–Kier alpha value is -3.85. The average molecular weight is 657 g/mol. The van der Waals surface area contributed by atoms with Gasteiger partial charge in [0.15, 0.2) is 17.4 Å². The van der Waals surface area contributed by atoms with Crippen LogP contribution in [0, 0.1) is 0 Å². The number of hydrogen-bond acceptors (Lipinski definition) is 13. The fourth-order valence-electron chi connectivity index (χ4n) is 5.83. The molecule has 46 heavy (non-hydrogen) atoms. The summed E-state index contributed by atoms with van der Waals surface area (Å²) >= 11 is 0. The summed E-state index contributed by atoms with van der Waals surface area (Å²) in [5.74, 6) is -0.319. The van der Waals surface area contributed by atoms with Crippen molar-refractivity contribution >= 4 is 41.6 Å². The lowest BCUT2D eigenvalue weighted by molar-refractivity contribution is -0.150. The zero-order valence-corrected chi connectivity index (χ0v) is 26.5. The molecule has 16 heteroatoms. The van der Waals surface area contributed by atoms with Crippen molar-refractivity contribution in [2.24, 2.45) is 0 Å².